The lowest BCUT2D eigenvalue weighted by Crippen LogP contribution is -2.46. The summed E-state index contributed by atoms with van der Waals surface area (Å²) in [5.74, 6) is -7.49. The zero-order valence-electron chi connectivity index (χ0n) is 14.4. The standard InChI is InChI=1S/C15H22F5NO3Si/c1-4-22-25(23-5-2,24-6-3)9-7-8-21(20)12-10-11(16)13(17)15(19)14(12)18/h10H,4-9H2,1-3H3. The Kier molecular flexibility index (Phi) is 8.76. The van der Waals surface area contributed by atoms with Crippen LogP contribution in [-0.2, 0) is 13.3 Å². The van der Waals surface area contributed by atoms with Gasteiger partial charge in [0.15, 0.2) is 23.3 Å². The summed E-state index contributed by atoms with van der Waals surface area (Å²) in [5, 5.41) is -0.177. The zero-order valence-corrected chi connectivity index (χ0v) is 15.4. The molecule has 10 heteroatoms. The van der Waals surface area contributed by atoms with Crippen LogP contribution in [0.5, 0.6) is 0 Å². The smallest absolute Gasteiger partial charge is 0.374 e. The monoisotopic (exact) mass is 387 g/mol. The predicted molar refractivity (Wildman–Crippen MR) is 84.8 cm³/mol. The van der Waals surface area contributed by atoms with Crippen LogP contribution in [0.15, 0.2) is 6.07 Å². The largest absolute Gasteiger partial charge is 0.500 e. The maximum absolute atomic E-state index is 14.1. The van der Waals surface area contributed by atoms with E-state index in [4.69, 9.17) is 13.3 Å². The van der Waals surface area contributed by atoms with E-state index in [0.717, 1.165) is 0 Å². The molecule has 0 radical (unpaired) electrons. The SMILES string of the molecule is CCO[Si](CCCN(F)c1cc(F)c(F)c(F)c1F)(OCC)OCC. The van der Waals surface area contributed by atoms with E-state index in [1.54, 1.807) is 20.8 Å². The average molecular weight is 387 g/mol. The number of anilines is 1. The third kappa shape index (κ3) is 5.63. The molecule has 1 aromatic carbocycles. The maximum Gasteiger partial charge on any atom is 0.500 e. The molecule has 144 valence electrons. The highest BCUT2D eigenvalue weighted by Gasteiger charge is 2.40. The molecular weight excluding hydrogens is 365 g/mol. The van der Waals surface area contributed by atoms with Gasteiger partial charge in [-0.3, -0.25) is 0 Å². The summed E-state index contributed by atoms with van der Waals surface area (Å²) in [5.41, 5.74) is -1.01. The molecule has 0 aromatic heterocycles. The minimum absolute atomic E-state index is 0.114. The summed E-state index contributed by atoms with van der Waals surface area (Å²) in [7, 11) is -3.00. The second-order valence-electron chi connectivity index (χ2n) is 4.99. The van der Waals surface area contributed by atoms with Crippen molar-refractivity contribution in [2.24, 2.45) is 0 Å². The molecule has 0 bridgehead atoms. The molecule has 0 heterocycles. The van der Waals surface area contributed by atoms with Crippen LogP contribution in [0.4, 0.5) is 27.7 Å². The van der Waals surface area contributed by atoms with Gasteiger partial charge in [-0.25, -0.2) is 22.7 Å². The van der Waals surface area contributed by atoms with Gasteiger partial charge in [0.1, 0.15) is 5.69 Å². The summed E-state index contributed by atoms with van der Waals surface area (Å²) in [6.45, 7) is 5.92. The lowest BCUT2D eigenvalue weighted by atomic mass is 10.2. The molecule has 1 aromatic rings. The van der Waals surface area contributed by atoms with Crippen LogP contribution < -0.4 is 5.12 Å². The van der Waals surface area contributed by atoms with Crippen LogP contribution in [0.3, 0.4) is 0 Å². The van der Waals surface area contributed by atoms with E-state index in [1.165, 1.54) is 0 Å². The first-order valence-electron chi connectivity index (χ1n) is 8.00. The third-order valence-electron chi connectivity index (χ3n) is 3.27. The van der Waals surface area contributed by atoms with Gasteiger partial charge >= 0.3 is 8.80 Å². The molecule has 0 saturated carbocycles. The summed E-state index contributed by atoms with van der Waals surface area (Å²) >= 11 is 0. The van der Waals surface area contributed by atoms with Crippen LogP contribution >= 0.6 is 0 Å². The van der Waals surface area contributed by atoms with Crippen LogP contribution in [0, 0.1) is 23.3 Å². The second kappa shape index (κ2) is 10.0. The Morgan fingerprint density at radius 1 is 0.880 bits per heavy atom. The number of nitrogens with zero attached hydrogens (tertiary/aromatic N) is 1. The Hall–Kier alpha value is -1.23. The van der Waals surface area contributed by atoms with Gasteiger partial charge in [-0.15, -0.1) is 0 Å². The van der Waals surface area contributed by atoms with Crippen LogP contribution in [0.25, 0.3) is 0 Å². The molecule has 0 unspecified atom stereocenters. The topological polar surface area (TPSA) is 30.9 Å². The van der Waals surface area contributed by atoms with Crippen molar-refractivity contribution in [3.05, 3.63) is 29.3 Å². The van der Waals surface area contributed by atoms with Gasteiger partial charge in [0, 0.05) is 31.9 Å². The molecule has 0 aliphatic rings. The Morgan fingerprint density at radius 2 is 1.40 bits per heavy atom. The zero-order chi connectivity index (χ0) is 19.0. The molecule has 25 heavy (non-hydrogen) atoms. The van der Waals surface area contributed by atoms with Gasteiger partial charge in [-0.1, -0.05) is 4.48 Å². The van der Waals surface area contributed by atoms with Crippen LogP contribution in [0.2, 0.25) is 6.04 Å². The van der Waals surface area contributed by atoms with Gasteiger partial charge in [0.05, 0.1) is 6.54 Å². The Morgan fingerprint density at radius 3 is 1.88 bits per heavy atom. The number of rotatable bonds is 11. The van der Waals surface area contributed by atoms with Crippen LogP contribution in [-0.4, -0.2) is 35.2 Å². The van der Waals surface area contributed by atoms with Crippen molar-refractivity contribution in [3.63, 3.8) is 0 Å². The Bertz CT molecular complexity index is 547. The summed E-state index contributed by atoms with van der Waals surface area (Å²) in [6.07, 6.45) is 0.114. The second-order valence-corrected chi connectivity index (χ2v) is 7.72. The molecule has 0 saturated heterocycles. The minimum atomic E-state index is -3.00. The fourth-order valence-electron chi connectivity index (χ4n) is 2.29. The normalized spacial score (nSPS) is 11.8. The molecule has 0 atom stereocenters. The van der Waals surface area contributed by atoms with E-state index in [-0.39, 0.29) is 23.7 Å². The van der Waals surface area contributed by atoms with E-state index < -0.39 is 44.3 Å². The van der Waals surface area contributed by atoms with Crippen molar-refractivity contribution in [2.75, 3.05) is 31.5 Å². The molecular formula is C15H22F5NO3Si. The predicted octanol–water partition coefficient (Wildman–Crippen LogP) is 4.37. The molecule has 4 nitrogen and oxygen atoms in total. The molecule has 0 aliphatic heterocycles. The van der Waals surface area contributed by atoms with Crippen molar-refractivity contribution in [1.29, 1.82) is 0 Å². The Labute approximate surface area is 144 Å². The van der Waals surface area contributed by atoms with Crippen molar-refractivity contribution in [3.8, 4) is 0 Å². The molecule has 0 N–H and O–H groups in total. The molecule has 1 rings (SSSR count). The summed E-state index contributed by atoms with van der Waals surface area (Å²) in [6, 6.07) is 0.503. The molecule has 0 aliphatic carbocycles. The minimum Gasteiger partial charge on any atom is -0.374 e. The van der Waals surface area contributed by atoms with E-state index in [2.05, 4.69) is 0 Å². The number of hydrogen-bond donors (Lipinski definition) is 0. The number of benzene rings is 1. The Balaban J connectivity index is 2.79. The van der Waals surface area contributed by atoms with Crippen molar-refractivity contribution in [2.45, 2.75) is 33.2 Å². The fourth-order valence-corrected chi connectivity index (χ4v) is 4.89. The number of halogens is 5. The first kappa shape index (κ1) is 21.8. The maximum atomic E-state index is 14.1. The third-order valence-corrected chi connectivity index (χ3v) is 6.43. The quantitative estimate of drug-likeness (QED) is 0.185. The van der Waals surface area contributed by atoms with Gasteiger partial charge in [-0.2, -0.15) is 0 Å². The van der Waals surface area contributed by atoms with E-state index in [0.29, 0.717) is 19.8 Å². The van der Waals surface area contributed by atoms with Crippen molar-refractivity contribution in [1.82, 2.24) is 0 Å². The van der Waals surface area contributed by atoms with E-state index in [1.807, 2.05) is 0 Å². The lowest BCUT2D eigenvalue weighted by Gasteiger charge is -2.28. The fraction of sp³-hybridized carbons (Fsp3) is 0.600. The highest BCUT2D eigenvalue weighted by Crippen LogP contribution is 2.27. The average Bonchev–Trinajstić information content (AvgIpc) is 2.57. The van der Waals surface area contributed by atoms with Crippen molar-refractivity contribution >= 4 is 14.5 Å². The first-order chi connectivity index (χ1) is 11.8. The van der Waals surface area contributed by atoms with Crippen molar-refractivity contribution < 1.29 is 35.3 Å². The molecule has 0 spiro atoms. The van der Waals surface area contributed by atoms with Gasteiger partial charge < -0.3 is 13.3 Å². The van der Waals surface area contributed by atoms with E-state index >= 15 is 0 Å². The van der Waals surface area contributed by atoms with Gasteiger partial charge in [-0.05, 0) is 27.2 Å². The highest BCUT2D eigenvalue weighted by atomic mass is 28.4. The summed E-state index contributed by atoms with van der Waals surface area (Å²) < 4.78 is 83.7. The first-order valence-corrected chi connectivity index (χ1v) is 9.93. The molecule has 0 fully saturated rings. The van der Waals surface area contributed by atoms with Gasteiger partial charge in [0.2, 0.25) is 0 Å². The summed E-state index contributed by atoms with van der Waals surface area (Å²) in [4.78, 5) is 0. The number of hydrogen-bond acceptors (Lipinski definition) is 4. The van der Waals surface area contributed by atoms with Gasteiger partial charge in [0.25, 0.3) is 0 Å². The lowest BCUT2D eigenvalue weighted by molar-refractivity contribution is 0.0708. The molecule has 0 amide bonds. The van der Waals surface area contributed by atoms with E-state index in [9.17, 15) is 22.0 Å². The van der Waals surface area contributed by atoms with Crippen LogP contribution in [0.1, 0.15) is 27.2 Å². The highest BCUT2D eigenvalue weighted by molar-refractivity contribution is 6.60.